The van der Waals surface area contributed by atoms with Crippen LogP contribution in [0.15, 0.2) is 32.5 Å². The van der Waals surface area contributed by atoms with Crippen LogP contribution in [-0.2, 0) is 0 Å². The molecule has 0 aliphatic rings. The maximum atomic E-state index is 12.5. The van der Waals surface area contributed by atoms with Crippen molar-refractivity contribution in [3.8, 4) is 5.75 Å². The largest absolute Gasteiger partial charge is 0.496 e. The Labute approximate surface area is 126 Å². The Morgan fingerprint density at radius 2 is 2.00 bits per heavy atom. The van der Waals surface area contributed by atoms with Crippen molar-refractivity contribution in [2.75, 3.05) is 7.11 Å². The van der Waals surface area contributed by atoms with E-state index in [9.17, 15) is 4.79 Å². The molecule has 1 heterocycles. The summed E-state index contributed by atoms with van der Waals surface area (Å²) in [7, 11) is 1.57. The molecule has 5 heteroatoms. The molecule has 18 heavy (non-hydrogen) atoms. The summed E-state index contributed by atoms with van der Waals surface area (Å²) in [6, 6.07) is 5.54. The minimum atomic E-state index is -0.0329. The summed E-state index contributed by atoms with van der Waals surface area (Å²) in [6.07, 6.45) is 0. The molecular weight excluding hydrogens is 380 g/mol. The summed E-state index contributed by atoms with van der Waals surface area (Å²) in [6.45, 7) is 1.96. The van der Waals surface area contributed by atoms with Gasteiger partial charge in [-0.3, -0.25) is 4.79 Å². The van der Waals surface area contributed by atoms with Crippen molar-refractivity contribution in [2.45, 2.75) is 6.92 Å². The first-order valence-electron chi connectivity index (χ1n) is 5.16. The van der Waals surface area contributed by atoms with Crippen molar-refractivity contribution in [3.05, 3.63) is 48.5 Å². The number of aryl methyl sites for hydroxylation is 1. The Morgan fingerprint density at radius 3 is 2.56 bits per heavy atom. The molecule has 0 radical (unpaired) electrons. The van der Waals surface area contributed by atoms with Gasteiger partial charge in [0, 0.05) is 8.95 Å². The van der Waals surface area contributed by atoms with E-state index in [2.05, 4.69) is 31.9 Å². The number of carbonyl (C=O) groups excluding carboxylic acids is 1. The predicted molar refractivity (Wildman–Crippen MR) is 80.9 cm³/mol. The summed E-state index contributed by atoms with van der Waals surface area (Å²) in [5.41, 5.74) is 1.60. The lowest BCUT2D eigenvalue weighted by atomic mass is 10.1. The van der Waals surface area contributed by atoms with Gasteiger partial charge in [-0.15, -0.1) is 11.3 Å². The van der Waals surface area contributed by atoms with E-state index in [0.29, 0.717) is 16.2 Å². The van der Waals surface area contributed by atoms with E-state index in [1.807, 2.05) is 30.5 Å². The zero-order valence-corrected chi connectivity index (χ0v) is 13.8. The number of ether oxygens (including phenoxy) is 1. The second kappa shape index (κ2) is 5.55. The molecule has 2 nitrogen and oxygen atoms in total. The molecule has 0 atom stereocenters. The standard InChI is InChI=1S/C13H10Br2O2S/c1-7-5-11(17-2)8(6-10(7)15)12(16)13-9(14)3-4-18-13/h3-6H,1-2H3. The van der Waals surface area contributed by atoms with E-state index < -0.39 is 0 Å². The quantitative estimate of drug-likeness (QED) is 0.703. The van der Waals surface area contributed by atoms with Crippen LogP contribution in [0.25, 0.3) is 0 Å². The molecule has 0 saturated carbocycles. The van der Waals surface area contributed by atoms with Crippen LogP contribution in [0, 0.1) is 6.92 Å². The molecule has 0 saturated heterocycles. The van der Waals surface area contributed by atoms with Gasteiger partial charge in [0.1, 0.15) is 5.75 Å². The highest BCUT2D eigenvalue weighted by Crippen LogP contribution is 2.32. The Kier molecular flexibility index (Phi) is 4.25. The fourth-order valence-corrected chi connectivity index (χ4v) is 3.43. The highest BCUT2D eigenvalue weighted by atomic mass is 79.9. The molecule has 0 N–H and O–H groups in total. The molecule has 0 spiro atoms. The van der Waals surface area contributed by atoms with Crippen molar-refractivity contribution in [2.24, 2.45) is 0 Å². The lowest BCUT2D eigenvalue weighted by Crippen LogP contribution is -2.03. The SMILES string of the molecule is COc1cc(C)c(Br)cc1C(=O)c1sccc1Br. The van der Waals surface area contributed by atoms with Gasteiger partial charge >= 0.3 is 0 Å². The average Bonchev–Trinajstić information content (AvgIpc) is 2.77. The number of halogens is 2. The molecule has 0 unspecified atom stereocenters. The molecule has 0 fully saturated rings. The van der Waals surface area contributed by atoms with Crippen LogP contribution in [0.3, 0.4) is 0 Å². The summed E-state index contributed by atoms with van der Waals surface area (Å²) in [4.78, 5) is 13.1. The molecule has 0 aliphatic heterocycles. The summed E-state index contributed by atoms with van der Waals surface area (Å²) in [5, 5.41) is 1.88. The zero-order chi connectivity index (χ0) is 13.3. The number of thiophene rings is 1. The van der Waals surface area contributed by atoms with Crippen LogP contribution in [0.4, 0.5) is 0 Å². The lowest BCUT2D eigenvalue weighted by molar-refractivity contribution is 0.103. The van der Waals surface area contributed by atoms with E-state index in [4.69, 9.17) is 4.74 Å². The highest BCUT2D eigenvalue weighted by molar-refractivity contribution is 9.10. The predicted octanol–water partition coefficient (Wildman–Crippen LogP) is 4.82. The van der Waals surface area contributed by atoms with Crippen LogP contribution in [0.2, 0.25) is 0 Å². The summed E-state index contributed by atoms with van der Waals surface area (Å²) >= 11 is 8.24. The molecular formula is C13H10Br2O2S. The minimum absolute atomic E-state index is 0.0329. The monoisotopic (exact) mass is 388 g/mol. The molecule has 0 aliphatic carbocycles. The number of rotatable bonds is 3. The number of benzene rings is 1. The first-order valence-corrected chi connectivity index (χ1v) is 7.63. The Bertz CT molecular complexity index is 605. The van der Waals surface area contributed by atoms with Crippen LogP contribution in [0.1, 0.15) is 20.8 Å². The third-order valence-electron chi connectivity index (χ3n) is 2.55. The first kappa shape index (κ1) is 13.8. The van der Waals surface area contributed by atoms with Gasteiger partial charge in [-0.2, -0.15) is 0 Å². The van der Waals surface area contributed by atoms with E-state index in [1.165, 1.54) is 11.3 Å². The van der Waals surface area contributed by atoms with Gasteiger partial charge < -0.3 is 4.74 Å². The molecule has 94 valence electrons. The lowest BCUT2D eigenvalue weighted by Gasteiger charge is -2.09. The van der Waals surface area contributed by atoms with E-state index in [0.717, 1.165) is 14.5 Å². The summed E-state index contributed by atoms with van der Waals surface area (Å²) in [5.74, 6) is 0.565. The third kappa shape index (κ3) is 2.53. The van der Waals surface area contributed by atoms with Crippen molar-refractivity contribution < 1.29 is 9.53 Å². The van der Waals surface area contributed by atoms with Crippen molar-refractivity contribution in [3.63, 3.8) is 0 Å². The van der Waals surface area contributed by atoms with Gasteiger partial charge in [-0.05, 0) is 52.0 Å². The number of ketones is 1. The fourth-order valence-electron chi connectivity index (χ4n) is 1.58. The van der Waals surface area contributed by atoms with Gasteiger partial charge in [-0.1, -0.05) is 15.9 Å². The normalized spacial score (nSPS) is 10.4. The molecule has 1 aromatic heterocycles. The van der Waals surface area contributed by atoms with Crippen LogP contribution in [-0.4, -0.2) is 12.9 Å². The van der Waals surface area contributed by atoms with Gasteiger partial charge in [0.05, 0.1) is 17.6 Å². The molecule has 0 bridgehead atoms. The second-order valence-electron chi connectivity index (χ2n) is 3.73. The van der Waals surface area contributed by atoms with Crippen LogP contribution < -0.4 is 4.74 Å². The molecule has 1 aromatic carbocycles. The topological polar surface area (TPSA) is 26.3 Å². The van der Waals surface area contributed by atoms with E-state index >= 15 is 0 Å². The molecule has 0 amide bonds. The smallest absolute Gasteiger partial charge is 0.207 e. The maximum Gasteiger partial charge on any atom is 0.207 e. The Hall–Kier alpha value is -0.650. The van der Waals surface area contributed by atoms with Gasteiger partial charge in [0.25, 0.3) is 0 Å². The second-order valence-corrected chi connectivity index (χ2v) is 6.35. The number of carbonyl (C=O) groups is 1. The molecule has 2 rings (SSSR count). The minimum Gasteiger partial charge on any atom is -0.496 e. The van der Waals surface area contributed by atoms with Gasteiger partial charge in [0.2, 0.25) is 5.78 Å². The number of methoxy groups -OCH3 is 1. The van der Waals surface area contributed by atoms with Crippen LogP contribution >= 0.6 is 43.2 Å². The van der Waals surface area contributed by atoms with Gasteiger partial charge in [-0.25, -0.2) is 0 Å². The Morgan fingerprint density at radius 1 is 1.28 bits per heavy atom. The Balaban J connectivity index is 2.54. The van der Waals surface area contributed by atoms with E-state index in [-0.39, 0.29) is 5.78 Å². The van der Waals surface area contributed by atoms with Crippen LogP contribution in [0.5, 0.6) is 5.75 Å². The first-order chi connectivity index (χ1) is 8.54. The third-order valence-corrected chi connectivity index (χ3v) is 5.24. The maximum absolute atomic E-state index is 12.5. The fraction of sp³-hybridized carbons (Fsp3) is 0.154. The van der Waals surface area contributed by atoms with E-state index in [1.54, 1.807) is 7.11 Å². The number of hydrogen-bond donors (Lipinski definition) is 0. The zero-order valence-electron chi connectivity index (χ0n) is 9.79. The average molecular weight is 390 g/mol. The van der Waals surface area contributed by atoms with Crippen molar-refractivity contribution in [1.82, 2.24) is 0 Å². The van der Waals surface area contributed by atoms with Gasteiger partial charge in [0.15, 0.2) is 0 Å². The highest BCUT2D eigenvalue weighted by Gasteiger charge is 2.19. The number of hydrogen-bond acceptors (Lipinski definition) is 3. The van der Waals surface area contributed by atoms with Crippen molar-refractivity contribution >= 4 is 49.0 Å². The van der Waals surface area contributed by atoms with Crippen molar-refractivity contribution in [1.29, 1.82) is 0 Å². The molecule has 2 aromatic rings. The summed E-state index contributed by atoms with van der Waals surface area (Å²) < 4.78 is 7.01.